The van der Waals surface area contributed by atoms with Gasteiger partial charge in [-0.25, -0.2) is 4.98 Å². The van der Waals surface area contributed by atoms with E-state index < -0.39 is 0 Å². The molecule has 1 saturated carbocycles. The van der Waals surface area contributed by atoms with E-state index in [-0.39, 0.29) is 29.9 Å². The number of rotatable bonds is 8. The fraction of sp³-hybridized carbons (Fsp3) is 0.773. The highest BCUT2D eigenvalue weighted by Crippen LogP contribution is 2.27. The van der Waals surface area contributed by atoms with Crippen molar-refractivity contribution in [2.24, 2.45) is 10.9 Å². The number of hydrogen-bond donors (Lipinski definition) is 2. The van der Waals surface area contributed by atoms with E-state index in [1.807, 2.05) is 31.1 Å². The van der Waals surface area contributed by atoms with Gasteiger partial charge >= 0.3 is 0 Å². The van der Waals surface area contributed by atoms with Gasteiger partial charge < -0.3 is 20.1 Å². The van der Waals surface area contributed by atoms with Crippen molar-refractivity contribution in [3.05, 3.63) is 18.2 Å². The first-order valence-electron chi connectivity index (χ1n) is 11.6. The highest BCUT2D eigenvalue weighted by atomic mass is 127. The number of nitrogens with one attached hydrogen (secondary N) is 2. The first kappa shape index (κ1) is 26.3. The fourth-order valence-electron chi connectivity index (χ4n) is 4.26. The smallest absolute Gasteiger partial charge is 0.225 e. The molecular weight excluding hydrogens is 523 g/mol. The van der Waals surface area contributed by atoms with Gasteiger partial charge in [0.05, 0.1) is 0 Å². The third-order valence-corrected chi connectivity index (χ3v) is 7.03. The quantitative estimate of drug-likeness (QED) is 0.220. The predicted molar refractivity (Wildman–Crippen MR) is 140 cm³/mol. The summed E-state index contributed by atoms with van der Waals surface area (Å²) < 4.78 is 2.19. The number of nitrogens with zero attached hydrogens (tertiary/aromatic N) is 4. The molecule has 0 radical (unpaired) electrons. The summed E-state index contributed by atoms with van der Waals surface area (Å²) >= 11 is 1.96. The van der Waals surface area contributed by atoms with Crippen LogP contribution in [-0.2, 0) is 11.3 Å². The summed E-state index contributed by atoms with van der Waals surface area (Å²) in [5.74, 6) is 4.78. The van der Waals surface area contributed by atoms with Crippen LogP contribution in [0.3, 0.4) is 0 Å². The number of amides is 1. The molecule has 2 N–H and O–H groups in total. The summed E-state index contributed by atoms with van der Waals surface area (Å²) in [5, 5.41) is 6.98. The first-order valence-corrected chi connectivity index (χ1v) is 12.7. The number of carbonyl (C=O) groups excluding carboxylic acids is 1. The molecule has 2 aliphatic rings. The molecule has 0 bridgehead atoms. The minimum absolute atomic E-state index is 0. The molecule has 2 heterocycles. The zero-order valence-electron chi connectivity index (χ0n) is 19.0. The van der Waals surface area contributed by atoms with Gasteiger partial charge in [0.2, 0.25) is 5.91 Å². The molecule has 1 amide bonds. The molecule has 9 heteroatoms. The Morgan fingerprint density at radius 3 is 2.61 bits per heavy atom. The van der Waals surface area contributed by atoms with Crippen LogP contribution >= 0.6 is 35.7 Å². The van der Waals surface area contributed by atoms with Gasteiger partial charge in [-0.3, -0.25) is 9.79 Å². The van der Waals surface area contributed by atoms with Crippen LogP contribution < -0.4 is 10.6 Å². The highest BCUT2D eigenvalue weighted by Gasteiger charge is 2.30. The van der Waals surface area contributed by atoms with Crippen molar-refractivity contribution in [3.63, 3.8) is 0 Å². The second-order valence-corrected chi connectivity index (χ2v) is 9.49. The average Bonchev–Trinajstić information content (AvgIpc) is 3.19. The number of aliphatic imine (C=N–C) groups is 1. The Kier molecular flexibility index (Phi) is 12.1. The van der Waals surface area contributed by atoms with Crippen molar-refractivity contribution >= 4 is 47.6 Å². The molecule has 2 fully saturated rings. The fourth-order valence-corrected chi connectivity index (χ4v) is 5.17. The van der Waals surface area contributed by atoms with Crippen LogP contribution in [0.2, 0.25) is 0 Å². The second-order valence-electron chi connectivity index (χ2n) is 8.27. The average molecular weight is 563 g/mol. The Morgan fingerprint density at radius 1 is 1.23 bits per heavy atom. The van der Waals surface area contributed by atoms with E-state index in [0.717, 1.165) is 94.5 Å². The largest absolute Gasteiger partial charge is 0.357 e. The van der Waals surface area contributed by atoms with E-state index in [1.165, 1.54) is 0 Å². The topological polar surface area (TPSA) is 74.5 Å². The Hall–Kier alpha value is -0.970. The predicted octanol–water partition coefficient (Wildman–Crippen LogP) is 3.28. The zero-order valence-corrected chi connectivity index (χ0v) is 22.2. The van der Waals surface area contributed by atoms with Gasteiger partial charge in [0.1, 0.15) is 5.82 Å². The van der Waals surface area contributed by atoms with Crippen LogP contribution in [0.4, 0.5) is 0 Å². The van der Waals surface area contributed by atoms with Gasteiger partial charge in [-0.05, 0) is 52.4 Å². The van der Waals surface area contributed by atoms with E-state index in [1.54, 1.807) is 0 Å². The summed E-state index contributed by atoms with van der Waals surface area (Å²) in [6.07, 6.45) is 10.1. The number of imidazole rings is 1. The summed E-state index contributed by atoms with van der Waals surface area (Å²) in [6.45, 7) is 8.69. The molecular formula is C22H39IN6OS. The number of halogens is 1. The number of guanidine groups is 1. The van der Waals surface area contributed by atoms with Crippen LogP contribution in [0.15, 0.2) is 17.4 Å². The van der Waals surface area contributed by atoms with Crippen LogP contribution in [-0.4, -0.2) is 70.0 Å². The minimum atomic E-state index is 0. The Balaban J connectivity index is 0.00000341. The lowest BCUT2D eigenvalue weighted by Crippen LogP contribution is -2.47. The Labute approximate surface area is 208 Å². The molecule has 0 atom stereocenters. The minimum Gasteiger partial charge on any atom is -0.357 e. The van der Waals surface area contributed by atoms with Gasteiger partial charge in [0.25, 0.3) is 0 Å². The van der Waals surface area contributed by atoms with Crippen molar-refractivity contribution in [2.45, 2.75) is 65.0 Å². The number of unbranched alkanes of at least 4 members (excludes halogenated alkanes) is 1. The number of hydrogen-bond acceptors (Lipinski definition) is 4. The van der Waals surface area contributed by atoms with Gasteiger partial charge in [0, 0.05) is 68.6 Å². The number of aryl methyl sites for hydroxylation is 2. The molecule has 1 aliphatic heterocycles. The van der Waals surface area contributed by atoms with Gasteiger partial charge in [-0.2, -0.15) is 11.8 Å². The lowest BCUT2D eigenvalue weighted by molar-refractivity contribution is -0.136. The van der Waals surface area contributed by atoms with Crippen LogP contribution in [0.25, 0.3) is 0 Å². The molecule has 1 aromatic heterocycles. The van der Waals surface area contributed by atoms with Crippen molar-refractivity contribution in [1.29, 1.82) is 0 Å². The normalized spacial score (nSPS) is 22.0. The Bertz CT molecular complexity index is 683. The van der Waals surface area contributed by atoms with Crippen molar-refractivity contribution in [1.82, 2.24) is 25.1 Å². The number of thioether (sulfide) groups is 1. The van der Waals surface area contributed by atoms with Crippen LogP contribution in [0.1, 0.15) is 51.3 Å². The van der Waals surface area contributed by atoms with E-state index >= 15 is 0 Å². The maximum absolute atomic E-state index is 12.7. The molecule has 31 heavy (non-hydrogen) atoms. The van der Waals surface area contributed by atoms with Crippen molar-refractivity contribution in [3.8, 4) is 0 Å². The Morgan fingerprint density at radius 2 is 1.97 bits per heavy atom. The van der Waals surface area contributed by atoms with Crippen molar-refractivity contribution < 1.29 is 4.79 Å². The lowest BCUT2D eigenvalue weighted by Gasteiger charge is -2.34. The first-order chi connectivity index (χ1) is 14.7. The molecule has 1 saturated heterocycles. The highest BCUT2D eigenvalue weighted by molar-refractivity contribution is 14.0. The maximum Gasteiger partial charge on any atom is 0.225 e. The van der Waals surface area contributed by atoms with Gasteiger partial charge in [-0.15, -0.1) is 24.0 Å². The molecule has 1 aromatic rings. The number of carbonyl (C=O) groups is 1. The maximum atomic E-state index is 12.7. The molecule has 0 aromatic carbocycles. The standard InChI is InChI=1S/C22H38N6OS.HI/c1-3-23-22(25-10-4-5-12-27-13-11-24-18(27)2)26-20-8-6-19(7-9-20)21(29)28-14-16-30-17-15-28;/h11,13,19-20H,3-10,12,14-17H2,1-2H3,(H2,23,25,26);1H. The summed E-state index contributed by atoms with van der Waals surface area (Å²) in [7, 11) is 0. The van der Waals surface area contributed by atoms with Crippen LogP contribution in [0.5, 0.6) is 0 Å². The molecule has 7 nitrogen and oxygen atoms in total. The molecule has 3 rings (SSSR count). The molecule has 176 valence electrons. The zero-order chi connectivity index (χ0) is 21.2. The summed E-state index contributed by atoms with van der Waals surface area (Å²) in [4.78, 5) is 23.9. The third kappa shape index (κ3) is 8.47. The van der Waals surface area contributed by atoms with E-state index in [2.05, 4.69) is 32.0 Å². The lowest BCUT2D eigenvalue weighted by atomic mass is 9.85. The molecule has 0 spiro atoms. The third-order valence-electron chi connectivity index (χ3n) is 6.08. The summed E-state index contributed by atoms with van der Waals surface area (Å²) in [5.41, 5.74) is 0. The number of aromatic nitrogens is 2. The SMILES string of the molecule is CCNC(=NCCCCn1ccnc1C)NC1CCC(C(=O)N2CCSCC2)CC1.I. The molecule has 1 aliphatic carbocycles. The van der Waals surface area contributed by atoms with Gasteiger partial charge in [0.15, 0.2) is 5.96 Å². The second kappa shape index (κ2) is 14.2. The van der Waals surface area contributed by atoms with Gasteiger partial charge in [-0.1, -0.05) is 0 Å². The van der Waals surface area contributed by atoms with E-state index in [4.69, 9.17) is 4.99 Å². The summed E-state index contributed by atoms with van der Waals surface area (Å²) in [6, 6.07) is 0.414. The van der Waals surface area contributed by atoms with Crippen LogP contribution in [0, 0.1) is 12.8 Å². The van der Waals surface area contributed by atoms with E-state index in [0.29, 0.717) is 11.9 Å². The molecule has 0 unspecified atom stereocenters. The monoisotopic (exact) mass is 562 g/mol. The van der Waals surface area contributed by atoms with Crippen molar-refractivity contribution in [2.75, 3.05) is 37.7 Å². The van der Waals surface area contributed by atoms with E-state index in [9.17, 15) is 4.79 Å².